The molecule has 3 aromatic rings. The predicted molar refractivity (Wildman–Crippen MR) is 115 cm³/mol. The van der Waals surface area contributed by atoms with Crippen molar-refractivity contribution in [2.75, 3.05) is 17.7 Å². The van der Waals surface area contributed by atoms with Crippen LogP contribution in [0.3, 0.4) is 0 Å². The highest BCUT2D eigenvalue weighted by Crippen LogP contribution is 2.32. The molecule has 1 N–H and O–H groups in total. The Hall–Kier alpha value is -2.23. The molecule has 144 valence electrons. The normalized spacial score (nSPS) is 10.5. The lowest BCUT2D eigenvalue weighted by Crippen LogP contribution is -2.14. The van der Waals surface area contributed by atoms with Gasteiger partial charge in [0, 0.05) is 10.0 Å². The van der Waals surface area contributed by atoms with Gasteiger partial charge >= 0.3 is 5.97 Å². The smallest absolute Gasteiger partial charge is 0.338 e. The molecule has 0 fully saturated rings. The van der Waals surface area contributed by atoms with E-state index in [1.165, 1.54) is 23.3 Å². The highest BCUT2D eigenvalue weighted by Gasteiger charge is 2.14. The first-order valence-electron chi connectivity index (χ1n) is 8.35. The molecule has 28 heavy (non-hydrogen) atoms. The summed E-state index contributed by atoms with van der Waals surface area (Å²) >= 11 is 6.04. The van der Waals surface area contributed by atoms with E-state index in [-0.39, 0.29) is 11.7 Å². The van der Waals surface area contributed by atoms with E-state index in [1.54, 1.807) is 25.1 Å². The maximum Gasteiger partial charge on any atom is 0.338 e. The number of nitrogens with zero attached hydrogens (tertiary/aromatic N) is 2. The van der Waals surface area contributed by atoms with E-state index in [2.05, 4.69) is 30.8 Å². The summed E-state index contributed by atoms with van der Waals surface area (Å²) in [5.41, 5.74) is 2.76. The Balaban J connectivity index is 1.61. The average molecular weight is 478 g/mol. The van der Waals surface area contributed by atoms with Crippen LogP contribution in [0.15, 0.2) is 57.2 Å². The number of hydrogen-bond donors (Lipinski definition) is 1. The topological polar surface area (TPSA) is 81.2 Å². The molecule has 0 bridgehead atoms. The summed E-state index contributed by atoms with van der Waals surface area (Å²) in [6.45, 7) is 2.06. The molecule has 3 rings (SSSR count). The quantitative estimate of drug-likeness (QED) is 0.385. The maximum atomic E-state index is 12.3. The van der Waals surface area contributed by atoms with Crippen molar-refractivity contribution in [2.45, 2.75) is 11.1 Å². The summed E-state index contributed by atoms with van der Waals surface area (Å²) in [6, 6.07) is 14.7. The highest BCUT2D eigenvalue weighted by molar-refractivity contribution is 9.10. The summed E-state index contributed by atoms with van der Waals surface area (Å²) in [6.07, 6.45) is 0. The fraction of sp³-hybridized carbons (Fsp3) is 0.158. The molecule has 1 amide bonds. The number of amides is 1. The Labute approximate surface area is 179 Å². The van der Waals surface area contributed by atoms with Crippen molar-refractivity contribution in [1.29, 1.82) is 0 Å². The molecular weight excluding hydrogens is 462 g/mol. The largest absolute Gasteiger partial charge is 0.462 e. The first-order chi connectivity index (χ1) is 13.6. The van der Waals surface area contributed by atoms with Crippen LogP contribution in [0.2, 0.25) is 0 Å². The number of halogens is 1. The van der Waals surface area contributed by atoms with E-state index in [1.807, 2.05) is 30.3 Å². The van der Waals surface area contributed by atoms with Gasteiger partial charge in [-0.1, -0.05) is 34.8 Å². The number of rotatable bonds is 7. The molecule has 2 aromatic carbocycles. The van der Waals surface area contributed by atoms with Crippen LogP contribution in [-0.2, 0) is 9.53 Å². The monoisotopic (exact) mass is 477 g/mol. The van der Waals surface area contributed by atoms with Gasteiger partial charge < -0.3 is 10.1 Å². The van der Waals surface area contributed by atoms with E-state index >= 15 is 0 Å². The van der Waals surface area contributed by atoms with Crippen LogP contribution >= 0.6 is 39.2 Å². The summed E-state index contributed by atoms with van der Waals surface area (Å²) in [5.74, 6) is -0.347. The minimum atomic E-state index is -0.400. The Kier molecular flexibility index (Phi) is 7.18. The number of carbonyl (C=O) groups excluding carboxylic acids is 2. The van der Waals surface area contributed by atoms with E-state index in [0.29, 0.717) is 22.3 Å². The summed E-state index contributed by atoms with van der Waals surface area (Å²) in [5, 5.41) is 7.00. The SMILES string of the molecule is CCOC(=O)c1ccc(NC(=O)CSc2snnc2-c2ccccc2)c(Br)c1. The first kappa shape index (κ1) is 20.5. The van der Waals surface area contributed by atoms with Gasteiger partial charge in [0.2, 0.25) is 5.91 Å². The van der Waals surface area contributed by atoms with Crippen LogP contribution in [0, 0.1) is 0 Å². The Morgan fingerprint density at radius 1 is 1.21 bits per heavy atom. The number of esters is 1. The van der Waals surface area contributed by atoms with Gasteiger partial charge in [-0.15, -0.1) is 16.9 Å². The lowest BCUT2D eigenvalue weighted by molar-refractivity contribution is -0.113. The molecule has 0 unspecified atom stereocenters. The number of anilines is 1. The number of ether oxygens (including phenoxy) is 1. The number of hydrogen-bond acceptors (Lipinski definition) is 7. The van der Waals surface area contributed by atoms with Crippen molar-refractivity contribution < 1.29 is 14.3 Å². The van der Waals surface area contributed by atoms with Gasteiger partial charge in [-0.25, -0.2) is 4.79 Å². The first-order valence-corrected chi connectivity index (χ1v) is 10.9. The third-order valence-electron chi connectivity index (χ3n) is 3.59. The van der Waals surface area contributed by atoms with Crippen LogP contribution in [0.5, 0.6) is 0 Å². The van der Waals surface area contributed by atoms with Gasteiger partial charge in [0.25, 0.3) is 0 Å². The van der Waals surface area contributed by atoms with Crippen molar-refractivity contribution >= 4 is 56.8 Å². The van der Waals surface area contributed by atoms with Crippen LogP contribution in [0.25, 0.3) is 11.3 Å². The molecule has 0 aliphatic heterocycles. The molecule has 1 aromatic heterocycles. The third-order valence-corrected chi connectivity index (χ3v) is 6.21. The lowest BCUT2D eigenvalue weighted by Gasteiger charge is -2.09. The fourth-order valence-electron chi connectivity index (χ4n) is 2.32. The number of aromatic nitrogens is 2. The minimum absolute atomic E-state index is 0.165. The van der Waals surface area contributed by atoms with Crippen molar-refractivity contribution in [3.63, 3.8) is 0 Å². The minimum Gasteiger partial charge on any atom is -0.462 e. The average Bonchev–Trinajstić information content (AvgIpc) is 3.17. The van der Waals surface area contributed by atoms with Gasteiger partial charge in [0.05, 0.1) is 23.6 Å². The van der Waals surface area contributed by atoms with E-state index in [9.17, 15) is 9.59 Å². The van der Waals surface area contributed by atoms with Crippen LogP contribution in [0.4, 0.5) is 5.69 Å². The maximum absolute atomic E-state index is 12.3. The molecule has 0 aliphatic rings. The number of nitrogens with one attached hydrogen (secondary N) is 1. The van der Waals surface area contributed by atoms with Crippen molar-refractivity contribution in [3.05, 3.63) is 58.6 Å². The third kappa shape index (κ3) is 5.18. The van der Waals surface area contributed by atoms with Gasteiger partial charge in [-0.2, -0.15) is 0 Å². The fourth-order valence-corrected chi connectivity index (χ4v) is 4.36. The predicted octanol–water partition coefficient (Wildman–Crippen LogP) is 4.88. The molecule has 0 aliphatic carbocycles. The van der Waals surface area contributed by atoms with Gasteiger partial charge in [0.15, 0.2) is 0 Å². The zero-order chi connectivity index (χ0) is 19.9. The number of benzene rings is 2. The Morgan fingerprint density at radius 2 is 2.00 bits per heavy atom. The molecule has 1 heterocycles. The van der Waals surface area contributed by atoms with Crippen molar-refractivity contribution in [2.24, 2.45) is 0 Å². The highest BCUT2D eigenvalue weighted by atomic mass is 79.9. The van der Waals surface area contributed by atoms with Crippen molar-refractivity contribution in [1.82, 2.24) is 9.59 Å². The lowest BCUT2D eigenvalue weighted by atomic mass is 10.2. The molecule has 0 spiro atoms. The second kappa shape index (κ2) is 9.81. The Morgan fingerprint density at radius 3 is 2.71 bits per heavy atom. The molecule has 0 saturated carbocycles. The Bertz CT molecular complexity index is 980. The van der Waals surface area contributed by atoms with Gasteiger partial charge in [0.1, 0.15) is 9.90 Å². The molecule has 6 nitrogen and oxygen atoms in total. The molecule has 0 saturated heterocycles. The van der Waals surface area contributed by atoms with Crippen LogP contribution in [0.1, 0.15) is 17.3 Å². The van der Waals surface area contributed by atoms with E-state index in [4.69, 9.17) is 4.74 Å². The standard InChI is InChI=1S/C19H16BrN3O3S2/c1-2-26-18(25)13-8-9-15(14(20)10-13)21-16(24)11-27-19-17(22-23-28-19)12-6-4-3-5-7-12/h3-10H,2,11H2,1H3,(H,21,24). The van der Waals surface area contributed by atoms with Crippen LogP contribution in [-0.4, -0.2) is 33.8 Å². The zero-order valence-corrected chi connectivity index (χ0v) is 18.1. The van der Waals surface area contributed by atoms with Crippen molar-refractivity contribution in [3.8, 4) is 11.3 Å². The van der Waals surface area contributed by atoms with E-state index in [0.717, 1.165) is 15.5 Å². The number of carbonyl (C=O) groups is 2. The second-order valence-corrected chi connectivity index (χ2v) is 8.38. The zero-order valence-electron chi connectivity index (χ0n) is 14.8. The van der Waals surface area contributed by atoms with Gasteiger partial charge in [-0.3, -0.25) is 4.79 Å². The van der Waals surface area contributed by atoms with E-state index < -0.39 is 5.97 Å². The van der Waals surface area contributed by atoms with Crippen LogP contribution < -0.4 is 5.32 Å². The molecular formula is C19H16BrN3O3S2. The molecule has 0 atom stereocenters. The summed E-state index contributed by atoms with van der Waals surface area (Å²) < 4.78 is 10.5. The molecule has 0 radical (unpaired) electrons. The summed E-state index contributed by atoms with van der Waals surface area (Å²) in [7, 11) is 0. The number of thioether (sulfide) groups is 1. The van der Waals surface area contributed by atoms with Gasteiger partial charge in [-0.05, 0) is 52.6 Å². The summed E-state index contributed by atoms with van der Waals surface area (Å²) in [4.78, 5) is 24.1. The molecule has 9 heteroatoms. The second-order valence-electron chi connectivity index (χ2n) is 5.53.